The Labute approximate surface area is 119 Å². The Morgan fingerprint density at radius 1 is 1.42 bits per heavy atom. The normalized spacial score (nSPS) is 12.8. The van der Waals surface area contributed by atoms with E-state index in [1.807, 2.05) is 23.0 Å². The Bertz CT molecular complexity index is 523. The van der Waals surface area contributed by atoms with E-state index < -0.39 is 0 Å². The Hall–Kier alpha value is -1.23. The fraction of sp³-hybridized carbons (Fsp3) is 0.571. The summed E-state index contributed by atoms with van der Waals surface area (Å²) in [6.07, 6.45) is 8.10. The second-order valence-electron chi connectivity index (χ2n) is 4.84. The van der Waals surface area contributed by atoms with Gasteiger partial charge < -0.3 is 9.72 Å². The molecule has 0 saturated carbocycles. The van der Waals surface area contributed by atoms with Crippen LogP contribution in [0.15, 0.2) is 23.6 Å². The van der Waals surface area contributed by atoms with Crippen LogP contribution < -0.4 is 5.32 Å². The molecule has 2 aromatic rings. The predicted molar refractivity (Wildman–Crippen MR) is 81.9 cm³/mol. The van der Waals surface area contributed by atoms with E-state index in [2.05, 4.69) is 36.1 Å². The summed E-state index contributed by atoms with van der Waals surface area (Å²) in [7, 11) is 0. The van der Waals surface area contributed by atoms with Crippen molar-refractivity contribution >= 4 is 23.2 Å². The molecule has 0 amide bonds. The van der Waals surface area contributed by atoms with Gasteiger partial charge in [-0.05, 0) is 12.3 Å². The minimum Gasteiger partial charge on any atom is -0.369 e. The summed E-state index contributed by atoms with van der Waals surface area (Å²) < 4.78 is 2.05. The fourth-order valence-corrected chi connectivity index (χ4v) is 2.81. The summed E-state index contributed by atoms with van der Waals surface area (Å²) in [5, 5.41) is 4.37. The number of rotatable bonds is 7. The highest BCUT2D eigenvalue weighted by Gasteiger charge is 2.09. The molecule has 0 spiro atoms. The number of thioether (sulfide) groups is 1. The molecule has 5 heteroatoms. The number of hydrogen-bond acceptors (Lipinski definition) is 4. The van der Waals surface area contributed by atoms with E-state index in [1.54, 1.807) is 11.8 Å². The molecule has 2 aromatic heterocycles. The average molecular weight is 278 g/mol. The van der Waals surface area contributed by atoms with Gasteiger partial charge in [-0.3, -0.25) is 0 Å². The van der Waals surface area contributed by atoms with Crippen LogP contribution in [-0.2, 0) is 0 Å². The number of nitrogens with zero attached hydrogens (tertiary/aromatic N) is 3. The van der Waals surface area contributed by atoms with Crippen molar-refractivity contribution in [2.45, 2.75) is 38.6 Å². The average Bonchev–Trinajstić information content (AvgIpc) is 2.90. The van der Waals surface area contributed by atoms with Crippen molar-refractivity contribution in [2.75, 3.05) is 17.6 Å². The van der Waals surface area contributed by atoms with Gasteiger partial charge in [-0.2, -0.15) is 0 Å². The van der Waals surface area contributed by atoms with Gasteiger partial charge in [-0.1, -0.05) is 27.2 Å². The van der Waals surface area contributed by atoms with E-state index in [0.717, 1.165) is 35.2 Å². The van der Waals surface area contributed by atoms with E-state index in [1.165, 1.54) is 6.42 Å². The Kier molecular flexibility index (Phi) is 5.07. The lowest BCUT2D eigenvalue weighted by molar-refractivity contribution is 0.636. The fourth-order valence-electron chi connectivity index (χ4n) is 1.68. The van der Waals surface area contributed by atoms with Gasteiger partial charge in [0.25, 0.3) is 0 Å². The van der Waals surface area contributed by atoms with Crippen LogP contribution in [0.25, 0.3) is 5.65 Å². The molecule has 0 aliphatic heterocycles. The van der Waals surface area contributed by atoms with Gasteiger partial charge in [0.2, 0.25) is 0 Å². The number of nitrogens with one attached hydrogen (secondary N) is 1. The third-order valence-electron chi connectivity index (χ3n) is 3.10. The molecule has 1 unspecified atom stereocenters. The van der Waals surface area contributed by atoms with Gasteiger partial charge in [0.15, 0.2) is 5.65 Å². The maximum absolute atomic E-state index is 4.69. The smallest absolute Gasteiger partial charge is 0.169 e. The van der Waals surface area contributed by atoms with Crippen LogP contribution in [0.4, 0.5) is 5.82 Å². The Morgan fingerprint density at radius 2 is 2.26 bits per heavy atom. The van der Waals surface area contributed by atoms with Gasteiger partial charge in [0, 0.05) is 24.7 Å². The number of aromatic nitrogens is 3. The van der Waals surface area contributed by atoms with E-state index in [-0.39, 0.29) is 0 Å². The lowest BCUT2D eigenvalue weighted by Crippen LogP contribution is -2.05. The lowest BCUT2D eigenvalue weighted by Gasteiger charge is -2.10. The van der Waals surface area contributed by atoms with E-state index in [9.17, 15) is 0 Å². The molecule has 2 heterocycles. The standard InChI is InChI=1S/C14H22N4S/c1-4-6-15-12-9-18-8-7-16-13(18)14(17-12)19-10-11(3)5-2/h7-9,11,15H,4-6,10H2,1-3H3. The van der Waals surface area contributed by atoms with Crippen LogP contribution in [0.5, 0.6) is 0 Å². The SMILES string of the molecule is CCCNc1cn2ccnc2c(SCC(C)CC)n1. The third-order valence-corrected chi connectivity index (χ3v) is 4.38. The molecule has 0 bridgehead atoms. The zero-order valence-corrected chi connectivity index (χ0v) is 12.7. The highest BCUT2D eigenvalue weighted by atomic mass is 32.2. The highest BCUT2D eigenvalue weighted by molar-refractivity contribution is 7.99. The molecule has 0 aliphatic rings. The molecule has 1 atom stereocenters. The topological polar surface area (TPSA) is 42.2 Å². The van der Waals surface area contributed by atoms with Crippen molar-refractivity contribution < 1.29 is 0 Å². The Morgan fingerprint density at radius 3 is 3.00 bits per heavy atom. The van der Waals surface area contributed by atoms with E-state index in [0.29, 0.717) is 5.92 Å². The first-order valence-corrected chi connectivity index (χ1v) is 7.93. The van der Waals surface area contributed by atoms with Gasteiger partial charge in [0.05, 0.1) is 6.20 Å². The molecule has 0 aromatic carbocycles. The molecule has 2 rings (SSSR count). The molecule has 0 radical (unpaired) electrons. The van der Waals surface area contributed by atoms with Gasteiger partial charge in [-0.25, -0.2) is 9.97 Å². The van der Waals surface area contributed by atoms with Crippen molar-refractivity contribution in [2.24, 2.45) is 5.92 Å². The molecule has 19 heavy (non-hydrogen) atoms. The van der Waals surface area contributed by atoms with Gasteiger partial charge in [0.1, 0.15) is 10.8 Å². The van der Waals surface area contributed by atoms with Crippen LogP contribution in [-0.4, -0.2) is 26.7 Å². The summed E-state index contributed by atoms with van der Waals surface area (Å²) in [6.45, 7) is 7.60. The second kappa shape index (κ2) is 6.80. The highest BCUT2D eigenvalue weighted by Crippen LogP contribution is 2.25. The van der Waals surface area contributed by atoms with E-state index >= 15 is 0 Å². The molecular weight excluding hydrogens is 256 g/mol. The van der Waals surface area contributed by atoms with Crippen molar-refractivity contribution in [3.63, 3.8) is 0 Å². The number of anilines is 1. The van der Waals surface area contributed by atoms with Crippen molar-refractivity contribution in [1.82, 2.24) is 14.4 Å². The van der Waals surface area contributed by atoms with Crippen molar-refractivity contribution in [3.05, 3.63) is 18.6 Å². The molecule has 0 saturated heterocycles. The Balaban J connectivity index is 2.21. The maximum Gasteiger partial charge on any atom is 0.169 e. The molecule has 104 valence electrons. The summed E-state index contributed by atoms with van der Waals surface area (Å²) >= 11 is 1.80. The summed E-state index contributed by atoms with van der Waals surface area (Å²) in [4.78, 5) is 9.08. The van der Waals surface area contributed by atoms with Crippen molar-refractivity contribution in [1.29, 1.82) is 0 Å². The summed E-state index contributed by atoms with van der Waals surface area (Å²) in [6, 6.07) is 0. The van der Waals surface area contributed by atoms with Crippen LogP contribution in [0.1, 0.15) is 33.6 Å². The minimum atomic E-state index is 0.703. The molecule has 0 fully saturated rings. The van der Waals surface area contributed by atoms with Crippen LogP contribution in [0.3, 0.4) is 0 Å². The lowest BCUT2D eigenvalue weighted by atomic mass is 10.2. The van der Waals surface area contributed by atoms with Crippen LogP contribution in [0, 0.1) is 5.92 Å². The molecular formula is C14H22N4S. The monoisotopic (exact) mass is 278 g/mol. The first-order valence-electron chi connectivity index (χ1n) is 6.95. The zero-order valence-electron chi connectivity index (χ0n) is 11.9. The number of fused-ring (bicyclic) bond motifs is 1. The minimum absolute atomic E-state index is 0.703. The quantitative estimate of drug-likeness (QED) is 0.784. The first-order chi connectivity index (χ1) is 9.24. The predicted octanol–water partition coefficient (Wildman–Crippen LogP) is 3.69. The zero-order chi connectivity index (χ0) is 13.7. The number of imidazole rings is 1. The van der Waals surface area contributed by atoms with E-state index in [4.69, 9.17) is 0 Å². The molecule has 1 N–H and O–H groups in total. The maximum atomic E-state index is 4.69. The second-order valence-corrected chi connectivity index (χ2v) is 5.85. The molecule has 0 aliphatic carbocycles. The third kappa shape index (κ3) is 3.62. The largest absolute Gasteiger partial charge is 0.369 e. The summed E-state index contributed by atoms with van der Waals surface area (Å²) in [5.41, 5.74) is 0.954. The van der Waals surface area contributed by atoms with Crippen molar-refractivity contribution in [3.8, 4) is 0 Å². The van der Waals surface area contributed by atoms with Crippen LogP contribution in [0.2, 0.25) is 0 Å². The summed E-state index contributed by atoms with van der Waals surface area (Å²) in [5.74, 6) is 2.72. The van der Waals surface area contributed by atoms with Gasteiger partial charge in [-0.15, -0.1) is 11.8 Å². The van der Waals surface area contributed by atoms with Crippen LogP contribution >= 0.6 is 11.8 Å². The number of hydrogen-bond donors (Lipinski definition) is 1. The first kappa shape index (κ1) is 14.2. The van der Waals surface area contributed by atoms with Gasteiger partial charge >= 0.3 is 0 Å². The molecule has 4 nitrogen and oxygen atoms in total.